The first kappa shape index (κ1) is 14.6. The van der Waals surface area contributed by atoms with Crippen molar-refractivity contribution in [3.63, 3.8) is 0 Å². The van der Waals surface area contributed by atoms with Crippen LogP contribution in [0.25, 0.3) is 0 Å². The number of hydrogen-bond acceptors (Lipinski definition) is 4. The number of carbonyl (C=O) groups is 1. The van der Waals surface area contributed by atoms with Gasteiger partial charge in [0, 0.05) is 0 Å². The molecule has 0 amide bonds. The molecule has 7 heteroatoms. The fraction of sp³-hybridized carbons (Fsp3) is 0.125. The number of carboxylic acids is 1. The van der Waals surface area contributed by atoms with Gasteiger partial charge in [-0.05, 0) is 5.56 Å². The maximum absolute atomic E-state index is 10.7. The molecule has 0 aliphatic rings. The summed E-state index contributed by atoms with van der Waals surface area (Å²) in [4.78, 5) is 10.5. The van der Waals surface area contributed by atoms with E-state index in [2.05, 4.69) is 0 Å². The van der Waals surface area contributed by atoms with E-state index in [1.165, 1.54) is 24.3 Å². The first-order chi connectivity index (χ1) is 6.43. The molecule has 0 heterocycles. The van der Waals surface area contributed by atoms with Crippen LogP contribution in [0.4, 0.5) is 0 Å². The van der Waals surface area contributed by atoms with Gasteiger partial charge in [-0.3, -0.25) is 4.55 Å². The van der Waals surface area contributed by atoms with E-state index >= 15 is 0 Å². The largest absolute Gasteiger partial charge is 1.00 e. The van der Waals surface area contributed by atoms with E-state index < -0.39 is 21.3 Å². The number of aliphatic carboxylic acids is 1. The van der Waals surface area contributed by atoms with Crippen LogP contribution in [-0.2, 0) is 14.9 Å². The molecule has 0 fully saturated rings. The molecule has 0 aliphatic heterocycles. The van der Waals surface area contributed by atoms with Gasteiger partial charge < -0.3 is 9.90 Å². The third kappa shape index (κ3) is 3.92. The third-order valence-electron chi connectivity index (χ3n) is 1.61. The Balaban J connectivity index is 0.00000196. The van der Waals surface area contributed by atoms with Crippen molar-refractivity contribution >= 4 is 16.1 Å². The molecule has 0 saturated carbocycles. The summed E-state index contributed by atoms with van der Waals surface area (Å²) in [6.07, 6.45) is 0. The second-order valence-electron chi connectivity index (χ2n) is 2.62. The van der Waals surface area contributed by atoms with Crippen LogP contribution in [0, 0.1) is 0 Å². The molecule has 1 aromatic carbocycles. The summed E-state index contributed by atoms with van der Waals surface area (Å²) in [5.41, 5.74) is -0.0324. The average Bonchev–Trinajstić information content (AvgIpc) is 2.02. The molecule has 76 valence electrons. The first-order valence-electron chi connectivity index (χ1n) is 3.65. The second kappa shape index (κ2) is 5.62. The molecule has 1 atom stereocenters. The summed E-state index contributed by atoms with van der Waals surface area (Å²) >= 11 is 0. The van der Waals surface area contributed by atoms with Gasteiger partial charge in [-0.25, -0.2) is 0 Å². The summed E-state index contributed by atoms with van der Waals surface area (Å²) in [6.45, 7) is 0. The SMILES string of the molecule is O=C([O-])[C@H](c1ccccc1)S(=O)(=O)O.[Na+]. The molecule has 0 bridgehead atoms. The third-order valence-corrected chi connectivity index (χ3v) is 2.67. The zero-order valence-electron chi connectivity index (χ0n) is 7.95. The molecular weight excluding hydrogens is 231 g/mol. The van der Waals surface area contributed by atoms with Gasteiger partial charge in [-0.2, -0.15) is 8.42 Å². The Morgan fingerprint density at radius 1 is 1.27 bits per heavy atom. The number of benzene rings is 1. The first-order valence-corrected chi connectivity index (χ1v) is 5.15. The van der Waals surface area contributed by atoms with E-state index in [0.717, 1.165) is 0 Å². The Labute approximate surface area is 109 Å². The minimum absolute atomic E-state index is 0. The molecule has 0 saturated heterocycles. The Hall–Kier alpha value is -0.400. The van der Waals surface area contributed by atoms with Crippen LogP contribution in [0.3, 0.4) is 0 Å². The predicted octanol–water partition coefficient (Wildman–Crippen LogP) is -3.63. The van der Waals surface area contributed by atoms with Crippen LogP contribution < -0.4 is 34.7 Å². The molecule has 1 N–H and O–H groups in total. The zero-order chi connectivity index (χ0) is 10.8. The van der Waals surface area contributed by atoms with Gasteiger partial charge in [0.1, 0.15) is 0 Å². The maximum Gasteiger partial charge on any atom is 1.00 e. The predicted molar refractivity (Wildman–Crippen MR) is 45.7 cm³/mol. The summed E-state index contributed by atoms with van der Waals surface area (Å²) in [5, 5.41) is 8.47. The van der Waals surface area contributed by atoms with Gasteiger partial charge in [0.15, 0.2) is 5.25 Å². The van der Waals surface area contributed by atoms with Crippen LogP contribution in [0.15, 0.2) is 30.3 Å². The maximum atomic E-state index is 10.7. The number of carboxylic acid groups (broad SMARTS) is 1. The van der Waals surface area contributed by atoms with E-state index in [0.29, 0.717) is 0 Å². The van der Waals surface area contributed by atoms with Crippen molar-refractivity contribution < 1.29 is 52.4 Å². The van der Waals surface area contributed by atoms with Crippen LogP contribution in [0.1, 0.15) is 10.8 Å². The number of hydrogen-bond donors (Lipinski definition) is 1. The van der Waals surface area contributed by atoms with Crippen molar-refractivity contribution in [3.8, 4) is 0 Å². The van der Waals surface area contributed by atoms with Gasteiger partial charge in [0.25, 0.3) is 10.1 Å². The van der Waals surface area contributed by atoms with Crippen molar-refractivity contribution in [2.75, 3.05) is 0 Å². The van der Waals surface area contributed by atoms with Crippen molar-refractivity contribution in [3.05, 3.63) is 35.9 Å². The molecule has 5 nitrogen and oxygen atoms in total. The van der Waals surface area contributed by atoms with Crippen LogP contribution in [0.2, 0.25) is 0 Å². The van der Waals surface area contributed by atoms with Crippen LogP contribution in [0.5, 0.6) is 0 Å². The number of rotatable bonds is 3. The molecule has 15 heavy (non-hydrogen) atoms. The van der Waals surface area contributed by atoms with E-state index in [1.807, 2.05) is 0 Å². The van der Waals surface area contributed by atoms with Crippen molar-refractivity contribution in [2.24, 2.45) is 0 Å². The summed E-state index contributed by atoms with van der Waals surface area (Å²) in [5.74, 6) is -1.85. The second-order valence-corrected chi connectivity index (χ2v) is 4.13. The fourth-order valence-corrected chi connectivity index (χ4v) is 1.80. The molecular formula is C8H7NaO5S. The van der Waals surface area contributed by atoms with E-state index in [4.69, 9.17) is 4.55 Å². The zero-order valence-corrected chi connectivity index (χ0v) is 10.8. The topological polar surface area (TPSA) is 94.5 Å². The standard InChI is InChI=1S/C8H8O5S.Na/c9-8(10)7(14(11,12)13)6-4-2-1-3-5-6;/h1-5,7H,(H,9,10)(H,11,12,13);/q;+1/p-1/t7-;/m0./s1. The van der Waals surface area contributed by atoms with Crippen LogP contribution in [-0.4, -0.2) is 18.9 Å². The molecule has 1 aromatic rings. The van der Waals surface area contributed by atoms with Gasteiger partial charge in [0.05, 0.1) is 5.97 Å². The summed E-state index contributed by atoms with van der Waals surface area (Å²) < 4.78 is 30.1. The fourth-order valence-electron chi connectivity index (χ4n) is 1.06. The van der Waals surface area contributed by atoms with E-state index in [1.54, 1.807) is 6.07 Å². The Kier molecular flexibility index (Phi) is 5.47. The van der Waals surface area contributed by atoms with Crippen molar-refractivity contribution in [2.45, 2.75) is 5.25 Å². The molecule has 0 spiro atoms. The van der Waals surface area contributed by atoms with Gasteiger partial charge in [-0.1, -0.05) is 30.3 Å². The van der Waals surface area contributed by atoms with Gasteiger partial charge >= 0.3 is 29.6 Å². The minimum atomic E-state index is -4.68. The van der Waals surface area contributed by atoms with Gasteiger partial charge in [-0.15, -0.1) is 0 Å². The van der Waals surface area contributed by atoms with Crippen LogP contribution >= 0.6 is 0 Å². The number of carbonyl (C=O) groups excluding carboxylic acids is 1. The molecule has 0 aliphatic carbocycles. The summed E-state index contributed by atoms with van der Waals surface area (Å²) in [7, 11) is -4.68. The quantitative estimate of drug-likeness (QED) is 0.433. The van der Waals surface area contributed by atoms with E-state index in [-0.39, 0.29) is 35.1 Å². The smallest absolute Gasteiger partial charge is 0.548 e. The normalized spacial score (nSPS) is 12.6. The van der Waals surface area contributed by atoms with E-state index in [9.17, 15) is 18.3 Å². The summed E-state index contributed by atoms with van der Waals surface area (Å²) in [6, 6.07) is 7.11. The Morgan fingerprint density at radius 3 is 2.07 bits per heavy atom. The molecule has 0 radical (unpaired) electrons. The Morgan fingerprint density at radius 2 is 1.73 bits per heavy atom. The average molecular weight is 238 g/mol. The van der Waals surface area contributed by atoms with Crippen molar-refractivity contribution in [1.29, 1.82) is 0 Å². The monoisotopic (exact) mass is 238 g/mol. The molecule has 0 unspecified atom stereocenters. The molecule has 0 aromatic heterocycles. The van der Waals surface area contributed by atoms with Gasteiger partial charge in [0.2, 0.25) is 0 Å². The Bertz CT molecular complexity index is 428. The molecule has 1 rings (SSSR count). The minimum Gasteiger partial charge on any atom is -0.548 e. The van der Waals surface area contributed by atoms with Crippen molar-refractivity contribution in [1.82, 2.24) is 0 Å².